The van der Waals surface area contributed by atoms with Crippen LogP contribution in [-0.2, 0) is 6.54 Å². The van der Waals surface area contributed by atoms with Crippen molar-refractivity contribution in [2.24, 2.45) is 5.84 Å². The molecule has 3 N–H and O–H groups in total. The molecule has 0 radical (unpaired) electrons. The summed E-state index contributed by atoms with van der Waals surface area (Å²) in [4.78, 5) is 0. The summed E-state index contributed by atoms with van der Waals surface area (Å²) in [6.45, 7) is 5.28. The van der Waals surface area contributed by atoms with E-state index in [4.69, 9.17) is 17.4 Å². The van der Waals surface area contributed by atoms with Gasteiger partial charge in [0.2, 0.25) is 0 Å². The Balaban J connectivity index is 2.27. The molecule has 0 saturated carbocycles. The van der Waals surface area contributed by atoms with Crippen molar-refractivity contribution in [2.45, 2.75) is 43.4 Å². The molecule has 4 nitrogen and oxygen atoms in total. The monoisotopic (exact) mass is 320 g/mol. The Morgan fingerprint density at radius 1 is 1.58 bits per heavy atom. The smallest absolute Gasteiger partial charge is 0.0835 e. The van der Waals surface area contributed by atoms with E-state index in [0.717, 1.165) is 24.4 Å². The number of nitrogens with zero attached hydrogens (tertiary/aromatic N) is 2. The zero-order valence-electron chi connectivity index (χ0n) is 11.3. The van der Waals surface area contributed by atoms with Crippen molar-refractivity contribution in [1.82, 2.24) is 15.2 Å². The first-order valence-corrected chi connectivity index (χ1v) is 9.07. The molecular formula is C12H21ClN4S2. The summed E-state index contributed by atoms with van der Waals surface area (Å²) in [6, 6.07) is 0.0503. The average molecular weight is 321 g/mol. The van der Waals surface area contributed by atoms with Crippen LogP contribution in [0.3, 0.4) is 0 Å². The number of nitrogens with one attached hydrogen (secondary N) is 1. The minimum absolute atomic E-state index is 0.0503. The lowest BCUT2D eigenvalue weighted by Gasteiger charge is -2.34. The number of aryl methyl sites for hydroxylation is 1. The van der Waals surface area contributed by atoms with Crippen LogP contribution < -0.4 is 11.3 Å². The molecule has 1 aliphatic heterocycles. The lowest BCUT2D eigenvalue weighted by Crippen LogP contribution is -2.42. The van der Waals surface area contributed by atoms with E-state index >= 15 is 0 Å². The van der Waals surface area contributed by atoms with Gasteiger partial charge in [-0.3, -0.25) is 16.0 Å². The molecule has 1 aromatic rings. The van der Waals surface area contributed by atoms with Crippen molar-refractivity contribution in [1.29, 1.82) is 0 Å². The third-order valence-corrected chi connectivity index (χ3v) is 6.79. The number of hydrogen-bond acceptors (Lipinski definition) is 5. The van der Waals surface area contributed by atoms with Crippen LogP contribution in [0.25, 0.3) is 0 Å². The zero-order chi connectivity index (χ0) is 13.8. The van der Waals surface area contributed by atoms with E-state index < -0.39 is 0 Å². The van der Waals surface area contributed by atoms with Gasteiger partial charge in [0.05, 0.1) is 23.0 Å². The van der Waals surface area contributed by atoms with Gasteiger partial charge in [0.15, 0.2) is 0 Å². The summed E-state index contributed by atoms with van der Waals surface area (Å²) in [5, 5.41) is 6.06. The number of hydrogen-bond donors (Lipinski definition) is 2. The Bertz CT molecular complexity index is 412. The lowest BCUT2D eigenvalue weighted by molar-refractivity contribution is 0.465. The molecule has 2 heterocycles. The Labute approximate surface area is 128 Å². The maximum Gasteiger partial charge on any atom is 0.0835 e. The zero-order valence-corrected chi connectivity index (χ0v) is 13.7. The normalized spacial score (nSPS) is 25.5. The molecule has 0 aromatic carbocycles. The highest BCUT2D eigenvalue weighted by molar-refractivity contribution is 8.07. The predicted octanol–water partition coefficient (Wildman–Crippen LogP) is 2.69. The summed E-state index contributed by atoms with van der Waals surface area (Å²) in [6.07, 6.45) is 2.76. The summed E-state index contributed by atoms with van der Waals surface area (Å²) in [5.74, 6) is 8.19. The Hall–Kier alpha value is 0.120. The standard InChI is InChI=1S/C12H21ClN4S2/c1-3-4-17-11(9(13)7-15-17)10(16-14)12-8(2)18-5-6-19-12/h7-8,10,12,16H,3-6,14H2,1-2H3. The van der Waals surface area contributed by atoms with E-state index in [1.54, 1.807) is 6.20 Å². The Morgan fingerprint density at radius 3 is 2.95 bits per heavy atom. The molecule has 2 rings (SSSR count). The van der Waals surface area contributed by atoms with Crippen LogP contribution in [0.4, 0.5) is 0 Å². The predicted molar refractivity (Wildman–Crippen MR) is 85.8 cm³/mol. The van der Waals surface area contributed by atoms with Crippen molar-refractivity contribution >= 4 is 35.1 Å². The lowest BCUT2D eigenvalue weighted by atomic mass is 10.1. The van der Waals surface area contributed by atoms with Crippen molar-refractivity contribution < 1.29 is 0 Å². The van der Waals surface area contributed by atoms with Crippen molar-refractivity contribution in [3.63, 3.8) is 0 Å². The molecule has 108 valence electrons. The van der Waals surface area contributed by atoms with E-state index in [-0.39, 0.29) is 6.04 Å². The molecule has 3 unspecified atom stereocenters. The van der Waals surface area contributed by atoms with Gasteiger partial charge in [-0.2, -0.15) is 28.6 Å². The maximum atomic E-state index is 6.33. The van der Waals surface area contributed by atoms with Crippen LogP contribution in [0.5, 0.6) is 0 Å². The molecule has 3 atom stereocenters. The summed E-state index contributed by atoms with van der Waals surface area (Å²) >= 11 is 10.3. The van der Waals surface area contributed by atoms with Gasteiger partial charge < -0.3 is 0 Å². The fourth-order valence-electron chi connectivity index (χ4n) is 2.42. The molecule has 1 aromatic heterocycles. The van der Waals surface area contributed by atoms with Crippen molar-refractivity contribution in [3.8, 4) is 0 Å². The quantitative estimate of drug-likeness (QED) is 0.645. The minimum atomic E-state index is 0.0503. The third-order valence-electron chi connectivity index (χ3n) is 3.31. The second kappa shape index (κ2) is 7.22. The van der Waals surface area contributed by atoms with Crippen molar-refractivity contribution in [3.05, 3.63) is 16.9 Å². The highest BCUT2D eigenvalue weighted by Gasteiger charge is 2.34. The number of hydrazine groups is 1. The molecule has 0 amide bonds. The molecule has 19 heavy (non-hydrogen) atoms. The SMILES string of the molecule is CCCn1ncc(Cl)c1C(NN)C1SCCSC1C. The van der Waals surface area contributed by atoms with Crippen LogP contribution in [0.2, 0.25) is 5.02 Å². The van der Waals surface area contributed by atoms with E-state index in [9.17, 15) is 0 Å². The van der Waals surface area contributed by atoms with Gasteiger partial charge in [-0.25, -0.2) is 0 Å². The van der Waals surface area contributed by atoms with Gasteiger partial charge in [0.25, 0.3) is 0 Å². The highest BCUT2D eigenvalue weighted by Crippen LogP contribution is 2.40. The molecule has 1 fully saturated rings. The van der Waals surface area contributed by atoms with Gasteiger partial charge in [-0.15, -0.1) is 0 Å². The number of rotatable bonds is 5. The van der Waals surface area contributed by atoms with Crippen LogP contribution in [0.15, 0.2) is 6.20 Å². The molecule has 0 aliphatic carbocycles. The number of nitrogens with two attached hydrogens (primary N) is 1. The van der Waals surface area contributed by atoms with E-state index in [2.05, 4.69) is 24.4 Å². The molecule has 1 aliphatic rings. The largest absolute Gasteiger partial charge is 0.271 e. The molecule has 1 saturated heterocycles. The molecule has 0 spiro atoms. The van der Waals surface area contributed by atoms with Gasteiger partial charge in [0, 0.05) is 28.6 Å². The molecule has 0 bridgehead atoms. The minimum Gasteiger partial charge on any atom is -0.271 e. The molecular weight excluding hydrogens is 300 g/mol. The fourth-order valence-corrected chi connectivity index (χ4v) is 5.58. The average Bonchev–Trinajstić information content (AvgIpc) is 2.75. The van der Waals surface area contributed by atoms with Crippen LogP contribution in [0, 0.1) is 0 Å². The Morgan fingerprint density at radius 2 is 2.32 bits per heavy atom. The van der Waals surface area contributed by atoms with Crippen LogP contribution in [0.1, 0.15) is 32.0 Å². The summed E-state index contributed by atoms with van der Waals surface area (Å²) < 4.78 is 1.99. The second-order valence-electron chi connectivity index (χ2n) is 4.66. The van der Waals surface area contributed by atoms with Gasteiger partial charge in [-0.1, -0.05) is 25.4 Å². The number of halogens is 1. The first kappa shape index (κ1) is 15.5. The maximum absolute atomic E-state index is 6.33. The molecule has 7 heteroatoms. The first-order valence-electron chi connectivity index (χ1n) is 6.59. The van der Waals surface area contributed by atoms with Crippen LogP contribution >= 0.6 is 35.1 Å². The summed E-state index contributed by atoms with van der Waals surface area (Å²) in [7, 11) is 0. The van der Waals surface area contributed by atoms with Crippen molar-refractivity contribution in [2.75, 3.05) is 11.5 Å². The highest BCUT2D eigenvalue weighted by atomic mass is 35.5. The van der Waals surface area contributed by atoms with Gasteiger partial charge in [0.1, 0.15) is 0 Å². The number of thioether (sulfide) groups is 2. The third kappa shape index (κ3) is 3.42. The summed E-state index contributed by atoms with van der Waals surface area (Å²) in [5.41, 5.74) is 3.99. The topological polar surface area (TPSA) is 55.9 Å². The Kier molecular flexibility index (Phi) is 5.89. The van der Waals surface area contributed by atoms with Gasteiger partial charge in [-0.05, 0) is 6.42 Å². The second-order valence-corrected chi connectivity index (χ2v) is 7.83. The van der Waals surface area contributed by atoms with Crippen LogP contribution in [-0.4, -0.2) is 31.8 Å². The first-order chi connectivity index (χ1) is 9.19. The number of aromatic nitrogens is 2. The van der Waals surface area contributed by atoms with E-state index in [1.807, 2.05) is 28.2 Å². The van der Waals surface area contributed by atoms with Gasteiger partial charge >= 0.3 is 0 Å². The fraction of sp³-hybridized carbons (Fsp3) is 0.750. The van der Waals surface area contributed by atoms with E-state index in [0.29, 0.717) is 15.5 Å². The van der Waals surface area contributed by atoms with E-state index in [1.165, 1.54) is 5.75 Å².